The highest BCUT2D eigenvalue weighted by Gasteiger charge is 2.38. The Morgan fingerprint density at radius 1 is 1.04 bits per heavy atom. The number of pyridine rings is 1. The summed E-state index contributed by atoms with van der Waals surface area (Å²) in [5.41, 5.74) is 1.70. The van der Waals surface area contributed by atoms with E-state index in [1.807, 2.05) is 18.2 Å². The highest BCUT2D eigenvalue weighted by molar-refractivity contribution is 7.92. The molecule has 2 heterocycles. The predicted octanol–water partition coefficient (Wildman–Crippen LogP) is 3.95. The molecule has 1 atom stereocenters. The molecular formula is C19H22N2O2S. The highest BCUT2D eigenvalue weighted by Crippen LogP contribution is 2.43. The van der Waals surface area contributed by atoms with Crippen LogP contribution in [-0.2, 0) is 10.0 Å². The lowest BCUT2D eigenvalue weighted by Crippen LogP contribution is -2.30. The molecule has 0 amide bonds. The first kappa shape index (κ1) is 15.6. The molecule has 1 fully saturated rings. The van der Waals surface area contributed by atoms with E-state index >= 15 is 0 Å². The van der Waals surface area contributed by atoms with Crippen LogP contribution in [0.15, 0.2) is 53.6 Å². The largest absolute Gasteiger partial charge is 0.264 e. The minimum Gasteiger partial charge on any atom is -0.264 e. The van der Waals surface area contributed by atoms with Crippen molar-refractivity contribution in [2.75, 3.05) is 10.8 Å². The molecule has 4 rings (SSSR count). The Labute approximate surface area is 143 Å². The Balaban J connectivity index is 1.67. The maximum atomic E-state index is 13.1. The van der Waals surface area contributed by atoms with E-state index in [2.05, 4.69) is 4.98 Å². The van der Waals surface area contributed by atoms with Gasteiger partial charge < -0.3 is 0 Å². The van der Waals surface area contributed by atoms with Crippen LogP contribution in [0, 0.1) is 5.92 Å². The smallest absolute Gasteiger partial charge is 0.264 e. The number of fused-ring (bicyclic) bond motifs is 1. The van der Waals surface area contributed by atoms with Gasteiger partial charge in [0.15, 0.2) is 0 Å². The fourth-order valence-electron chi connectivity index (χ4n) is 4.10. The maximum Gasteiger partial charge on any atom is 0.264 e. The first-order chi connectivity index (χ1) is 11.7. The molecule has 126 valence electrons. The minimum atomic E-state index is -3.53. The van der Waals surface area contributed by atoms with Gasteiger partial charge in [0.1, 0.15) is 0 Å². The first-order valence-electron chi connectivity index (χ1n) is 8.69. The van der Waals surface area contributed by atoms with Crippen LogP contribution in [0.25, 0.3) is 0 Å². The van der Waals surface area contributed by atoms with Gasteiger partial charge in [-0.3, -0.25) is 9.29 Å². The summed E-state index contributed by atoms with van der Waals surface area (Å²) in [6.45, 7) is 0.514. The molecule has 2 aliphatic rings. The van der Waals surface area contributed by atoms with E-state index in [4.69, 9.17) is 0 Å². The van der Waals surface area contributed by atoms with Gasteiger partial charge in [0.25, 0.3) is 10.0 Å². The lowest BCUT2D eigenvalue weighted by atomic mass is 9.92. The second-order valence-electron chi connectivity index (χ2n) is 6.84. The number of rotatable bonds is 4. The second kappa shape index (κ2) is 6.20. The summed E-state index contributed by atoms with van der Waals surface area (Å²) in [6, 6.07) is 12.4. The van der Waals surface area contributed by atoms with Gasteiger partial charge in [0.05, 0.1) is 16.3 Å². The molecule has 24 heavy (non-hydrogen) atoms. The maximum absolute atomic E-state index is 13.1. The van der Waals surface area contributed by atoms with Crippen LogP contribution in [0.2, 0.25) is 0 Å². The predicted molar refractivity (Wildman–Crippen MR) is 94.5 cm³/mol. The average molecular weight is 342 g/mol. The number of hydrogen-bond acceptors (Lipinski definition) is 3. The third-order valence-corrected chi connectivity index (χ3v) is 7.08. The minimum absolute atomic E-state index is 0.211. The van der Waals surface area contributed by atoms with Gasteiger partial charge in [0.2, 0.25) is 0 Å². The molecule has 5 heteroatoms. The fourth-order valence-corrected chi connectivity index (χ4v) is 5.65. The van der Waals surface area contributed by atoms with Crippen molar-refractivity contribution in [2.45, 2.75) is 42.9 Å². The summed E-state index contributed by atoms with van der Waals surface area (Å²) in [4.78, 5) is 4.88. The van der Waals surface area contributed by atoms with E-state index in [0.717, 1.165) is 17.8 Å². The summed E-state index contributed by atoms with van der Waals surface area (Å²) >= 11 is 0. The van der Waals surface area contributed by atoms with Gasteiger partial charge in [-0.25, -0.2) is 8.42 Å². The van der Waals surface area contributed by atoms with Crippen LogP contribution >= 0.6 is 0 Å². The number of sulfonamides is 1. The molecule has 0 spiro atoms. The van der Waals surface area contributed by atoms with Crippen molar-refractivity contribution in [3.63, 3.8) is 0 Å². The van der Waals surface area contributed by atoms with Gasteiger partial charge in [-0.1, -0.05) is 43.9 Å². The average Bonchev–Trinajstić information content (AvgIpc) is 3.25. The third kappa shape index (κ3) is 2.71. The molecule has 1 aromatic carbocycles. The fraction of sp³-hybridized carbons (Fsp3) is 0.421. The van der Waals surface area contributed by atoms with Gasteiger partial charge in [0, 0.05) is 18.7 Å². The van der Waals surface area contributed by atoms with E-state index in [9.17, 15) is 8.42 Å². The van der Waals surface area contributed by atoms with Crippen molar-refractivity contribution in [1.82, 2.24) is 4.98 Å². The van der Waals surface area contributed by atoms with Crippen molar-refractivity contribution < 1.29 is 8.42 Å². The van der Waals surface area contributed by atoms with Crippen LogP contribution in [0.5, 0.6) is 0 Å². The van der Waals surface area contributed by atoms with Crippen molar-refractivity contribution in [2.24, 2.45) is 5.92 Å². The zero-order valence-corrected chi connectivity index (χ0v) is 14.5. The number of anilines is 1. The standard InChI is InChI=1S/C19H22N2O2S/c22-24(23,17-9-2-1-3-10-17)21-14-16(13-15-7-4-5-8-15)19-18(21)11-6-12-20-19/h1-3,6,9-12,15-16H,4-5,7-8,13-14H2. The summed E-state index contributed by atoms with van der Waals surface area (Å²) in [5, 5.41) is 0. The topological polar surface area (TPSA) is 50.3 Å². The molecule has 1 unspecified atom stereocenters. The van der Waals surface area contributed by atoms with Crippen molar-refractivity contribution >= 4 is 15.7 Å². The molecule has 1 aromatic heterocycles. The van der Waals surface area contributed by atoms with Crippen LogP contribution in [0.3, 0.4) is 0 Å². The first-order valence-corrected chi connectivity index (χ1v) is 10.1. The van der Waals surface area contributed by atoms with Crippen LogP contribution in [0.1, 0.15) is 43.7 Å². The zero-order chi connectivity index (χ0) is 16.6. The van der Waals surface area contributed by atoms with E-state index in [-0.39, 0.29) is 5.92 Å². The molecule has 1 aliphatic heterocycles. The van der Waals surface area contributed by atoms with Crippen LogP contribution < -0.4 is 4.31 Å². The van der Waals surface area contributed by atoms with Crippen molar-refractivity contribution in [3.05, 3.63) is 54.4 Å². The second-order valence-corrected chi connectivity index (χ2v) is 8.70. The van der Waals surface area contributed by atoms with Crippen LogP contribution in [0.4, 0.5) is 5.69 Å². The van der Waals surface area contributed by atoms with Gasteiger partial charge >= 0.3 is 0 Å². The van der Waals surface area contributed by atoms with E-state index < -0.39 is 10.0 Å². The van der Waals surface area contributed by atoms with Gasteiger partial charge in [-0.2, -0.15) is 0 Å². The van der Waals surface area contributed by atoms with Gasteiger partial charge in [-0.15, -0.1) is 0 Å². The molecule has 0 bridgehead atoms. The lowest BCUT2D eigenvalue weighted by molar-refractivity contribution is 0.452. The van der Waals surface area contributed by atoms with Crippen molar-refractivity contribution in [1.29, 1.82) is 0 Å². The lowest BCUT2D eigenvalue weighted by Gasteiger charge is -2.20. The van der Waals surface area contributed by atoms with Gasteiger partial charge in [-0.05, 0) is 36.6 Å². The normalized spacial score (nSPS) is 21.2. The molecule has 1 saturated carbocycles. The number of aromatic nitrogens is 1. The van der Waals surface area contributed by atoms with E-state index in [0.29, 0.717) is 17.4 Å². The summed E-state index contributed by atoms with van der Waals surface area (Å²) in [7, 11) is -3.53. The third-order valence-electron chi connectivity index (χ3n) is 5.28. The number of nitrogens with zero attached hydrogens (tertiary/aromatic N) is 2. The zero-order valence-electron chi connectivity index (χ0n) is 13.6. The van der Waals surface area contributed by atoms with E-state index in [1.165, 1.54) is 25.7 Å². The monoisotopic (exact) mass is 342 g/mol. The summed E-state index contributed by atoms with van der Waals surface area (Å²) < 4.78 is 27.7. The summed E-state index contributed by atoms with van der Waals surface area (Å²) in [6.07, 6.45) is 7.97. The molecule has 0 radical (unpaired) electrons. The molecular weight excluding hydrogens is 320 g/mol. The SMILES string of the molecule is O=S(=O)(c1ccccc1)N1CC(CC2CCCC2)c2ncccc21. The Kier molecular flexibility index (Phi) is 4.04. The Bertz CT molecular complexity index is 814. The summed E-state index contributed by atoms with van der Waals surface area (Å²) in [5.74, 6) is 0.923. The molecule has 0 saturated heterocycles. The molecule has 1 aliphatic carbocycles. The number of hydrogen-bond donors (Lipinski definition) is 0. The van der Waals surface area contributed by atoms with E-state index in [1.54, 1.807) is 34.8 Å². The highest BCUT2D eigenvalue weighted by atomic mass is 32.2. The quantitative estimate of drug-likeness (QED) is 0.845. The Morgan fingerprint density at radius 3 is 2.54 bits per heavy atom. The molecule has 4 nitrogen and oxygen atoms in total. The number of benzene rings is 1. The van der Waals surface area contributed by atoms with Crippen LogP contribution in [-0.4, -0.2) is 19.9 Å². The molecule has 0 N–H and O–H groups in total. The van der Waals surface area contributed by atoms with Crippen molar-refractivity contribution in [3.8, 4) is 0 Å². The molecule has 2 aromatic rings. The Hall–Kier alpha value is -1.88. The Morgan fingerprint density at radius 2 is 1.79 bits per heavy atom.